The predicted octanol–water partition coefficient (Wildman–Crippen LogP) is 0.871. The standard InChI is InChI=1S/C20H5/c1-3-5-7-9-11-13-15-17-19-20-18-16-14-12-10-8-6-4-2/h1H2,2H3/q+1. The summed E-state index contributed by atoms with van der Waals surface area (Å²) in [5.41, 5.74) is 0. The summed E-state index contributed by atoms with van der Waals surface area (Å²) in [6, 6.07) is 0. The van der Waals surface area contributed by atoms with E-state index in [9.17, 15) is 0 Å². The Morgan fingerprint density at radius 3 is 0.900 bits per heavy atom. The van der Waals surface area contributed by atoms with E-state index in [-0.39, 0.29) is 0 Å². The topological polar surface area (TPSA) is 0 Å². The fourth-order valence-electron chi connectivity index (χ4n) is 0.544. The van der Waals surface area contributed by atoms with Gasteiger partial charge < -0.3 is 0 Å². The van der Waals surface area contributed by atoms with E-state index in [1.165, 1.54) is 0 Å². The molecule has 0 aliphatic heterocycles. The van der Waals surface area contributed by atoms with Crippen LogP contribution in [0.15, 0.2) is 0 Å². The van der Waals surface area contributed by atoms with Gasteiger partial charge in [0.25, 0.3) is 0 Å². The van der Waals surface area contributed by atoms with Crippen LogP contribution in [0, 0.1) is 113 Å². The van der Waals surface area contributed by atoms with Crippen LogP contribution in [0.3, 0.4) is 0 Å². The molecular formula is C20H5+. The third-order valence-corrected chi connectivity index (χ3v) is 1.15. The zero-order chi connectivity index (χ0) is 14.7. The van der Waals surface area contributed by atoms with Crippen LogP contribution < -0.4 is 0 Å². The maximum atomic E-state index is 3.30. The largest absolute Gasteiger partial charge is 0.217 e. The normalized spacial score (nSPS) is 3.85. The van der Waals surface area contributed by atoms with Crippen molar-refractivity contribution < 1.29 is 0 Å². The molecule has 84 valence electrons. The molecule has 0 saturated heterocycles. The molecule has 0 nitrogen and oxygen atoms in total. The summed E-state index contributed by atoms with van der Waals surface area (Å²) in [6.07, 6.45) is 0. The molecule has 0 rings (SSSR count). The lowest BCUT2D eigenvalue weighted by molar-refractivity contribution is 1.92. The summed E-state index contributed by atoms with van der Waals surface area (Å²) < 4.78 is 0. The van der Waals surface area contributed by atoms with E-state index >= 15 is 0 Å². The van der Waals surface area contributed by atoms with Crippen molar-refractivity contribution in [1.29, 1.82) is 0 Å². The number of hydrogen-bond acceptors (Lipinski definition) is 0. The molecule has 0 heteroatoms. The Labute approximate surface area is 121 Å². The molecule has 0 bridgehead atoms. The van der Waals surface area contributed by atoms with Crippen molar-refractivity contribution in [3.63, 3.8) is 0 Å². The second kappa shape index (κ2) is 14.9. The van der Waals surface area contributed by atoms with Gasteiger partial charge in [-0.05, 0) is 48.4 Å². The Kier molecular flexibility index (Phi) is 11.9. The smallest absolute Gasteiger partial charge is 0.0925 e. The molecule has 0 aromatic carbocycles. The van der Waals surface area contributed by atoms with Crippen LogP contribution in [0.2, 0.25) is 0 Å². The monoisotopic (exact) mass is 245 g/mol. The van der Waals surface area contributed by atoms with E-state index in [2.05, 4.69) is 113 Å². The lowest BCUT2D eigenvalue weighted by atomic mass is 10.5. The predicted molar refractivity (Wildman–Crippen MR) is 81.0 cm³/mol. The summed E-state index contributed by atoms with van der Waals surface area (Å²) in [7, 11) is 0. The van der Waals surface area contributed by atoms with Gasteiger partial charge in [-0.2, -0.15) is 0 Å². The number of rotatable bonds is 0. The fourth-order valence-corrected chi connectivity index (χ4v) is 0.544. The maximum Gasteiger partial charge on any atom is 0.217 e. The summed E-state index contributed by atoms with van der Waals surface area (Å²) in [4.78, 5) is 0. The summed E-state index contributed by atoms with van der Waals surface area (Å²) in [5, 5.41) is 0. The van der Waals surface area contributed by atoms with E-state index in [0.29, 0.717) is 0 Å². The van der Waals surface area contributed by atoms with E-state index in [4.69, 9.17) is 0 Å². The first-order valence-electron chi connectivity index (χ1n) is 5.10. The summed E-state index contributed by atoms with van der Waals surface area (Å²) >= 11 is 0. The Bertz CT molecular complexity index is 821. The first kappa shape index (κ1) is 15.9. The van der Waals surface area contributed by atoms with Gasteiger partial charge in [-0.25, -0.2) is 0 Å². The first-order chi connectivity index (χ1) is 9.91. The molecule has 0 aromatic rings. The van der Waals surface area contributed by atoms with Gasteiger partial charge in [-0.3, -0.25) is 0 Å². The maximum absolute atomic E-state index is 3.30. The van der Waals surface area contributed by atoms with Crippen molar-refractivity contribution >= 4 is 0 Å². The minimum Gasteiger partial charge on any atom is -0.0925 e. The van der Waals surface area contributed by atoms with Gasteiger partial charge in [0.2, 0.25) is 5.92 Å². The van der Waals surface area contributed by atoms with Gasteiger partial charge in [0.05, 0.1) is 6.92 Å². The zero-order valence-corrected chi connectivity index (χ0v) is 10.7. The molecule has 20 heavy (non-hydrogen) atoms. The number of hydrogen-bond donors (Lipinski definition) is 0. The molecule has 0 unspecified atom stereocenters. The van der Waals surface area contributed by atoms with E-state index < -0.39 is 0 Å². The lowest BCUT2D eigenvalue weighted by Gasteiger charge is -1.56. The quantitative estimate of drug-likeness (QED) is 0.439. The van der Waals surface area contributed by atoms with E-state index in [1.54, 1.807) is 6.92 Å². The molecule has 0 aromatic heterocycles. The molecule has 0 amide bonds. The third-order valence-electron chi connectivity index (χ3n) is 1.15. The van der Waals surface area contributed by atoms with Crippen LogP contribution in [-0.4, -0.2) is 0 Å². The van der Waals surface area contributed by atoms with Crippen molar-refractivity contribution in [1.82, 2.24) is 0 Å². The van der Waals surface area contributed by atoms with Crippen LogP contribution >= 0.6 is 0 Å². The van der Waals surface area contributed by atoms with Gasteiger partial charge >= 0.3 is 0 Å². The van der Waals surface area contributed by atoms with Crippen molar-refractivity contribution in [2.75, 3.05) is 0 Å². The molecule has 0 N–H and O–H groups in total. The second-order valence-corrected chi connectivity index (χ2v) is 2.43. The average Bonchev–Trinajstić information content (AvgIpc) is 2.47. The molecule has 0 fully saturated rings. The second-order valence-electron chi connectivity index (χ2n) is 2.43. The molecule has 0 aliphatic rings. The van der Waals surface area contributed by atoms with E-state index in [1.807, 2.05) is 0 Å². The average molecular weight is 245 g/mol. The highest BCUT2D eigenvalue weighted by molar-refractivity contribution is 5.46. The summed E-state index contributed by atoms with van der Waals surface area (Å²) in [5.74, 6) is 45.0. The molecule has 0 spiro atoms. The van der Waals surface area contributed by atoms with E-state index in [0.717, 1.165) is 0 Å². The lowest BCUT2D eigenvalue weighted by Crippen LogP contribution is -1.56. The van der Waals surface area contributed by atoms with Crippen LogP contribution in [-0.2, 0) is 0 Å². The Hall–Kier alpha value is -4.09. The first-order valence-corrected chi connectivity index (χ1v) is 5.10. The molecule has 0 saturated carbocycles. The van der Waals surface area contributed by atoms with Gasteiger partial charge in [0.15, 0.2) is 5.92 Å². The molecule has 0 aliphatic carbocycles. The van der Waals surface area contributed by atoms with Crippen molar-refractivity contribution in [2.24, 2.45) is 0 Å². The molecule has 0 atom stereocenters. The van der Waals surface area contributed by atoms with Crippen LogP contribution in [0.1, 0.15) is 6.92 Å². The van der Waals surface area contributed by atoms with Crippen molar-refractivity contribution in [3.05, 3.63) is 6.92 Å². The highest BCUT2D eigenvalue weighted by atomic mass is 13.6. The SMILES string of the molecule is [CH2+]C#CC#CC#CC#CC#CC#CC#CC#CC#CC. The van der Waals surface area contributed by atoms with Gasteiger partial charge in [-0.15, -0.1) is 0 Å². The minimum atomic E-state index is 1.70. The minimum absolute atomic E-state index is 1.70. The van der Waals surface area contributed by atoms with Crippen LogP contribution in [0.25, 0.3) is 0 Å². The van der Waals surface area contributed by atoms with Gasteiger partial charge in [-0.1, -0.05) is 5.92 Å². The molecule has 0 heterocycles. The van der Waals surface area contributed by atoms with Crippen molar-refractivity contribution in [3.8, 4) is 107 Å². The highest BCUT2D eigenvalue weighted by Crippen LogP contribution is 1.58. The Morgan fingerprint density at radius 1 is 0.400 bits per heavy atom. The summed E-state index contributed by atoms with van der Waals surface area (Å²) in [6.45, 7) is 5.00. The molecule has 0 radical (unpaired) electrons. The fraction of sp³-hybridized carbons (Fsp3) is 0.0500. The third kappa shape index (κ3) is 13.9. The zero-order valence-electron chi connectivity index (χ0n) is 10.7. The van der Waals surface area contributed by atoms with Gasteiger partial charge in [0.1, 0.15) is 5.92 Å². The Balaban J connectivity index is 4.33. The Morgan fingerprint density at radius 2 is 0.650 bits per heavy atom. The highest BCUT2D eigenvalue weighted by Gasteiger charge is 1.62. The molecular weight excluding hydrogens is 240 g/mol. The van der Waals surface area contributed by atoms with Crippen molar-refractivity contribution in [2.45, 2.75) is 6.92 Å². The van der Waals surface area contributed by atoms with Crippen LogP contribution in [0.5, 0.6) is 0 Å². The van der Waals surface area contributed by atoms with Gasteiger partial charge in [0, 0.05) is 41.4 Å². The van der Waals surface area contributed by atoms with Crippen LogP contribution in [0.4, 0.5) is 0 Å².